The van der Waals surface area contributed by atoms with Crippen LogP contribution in [0.3, 0.4) is 0 Å². The molecule has 0 bridgehead atoms. The minimum absolute atomic E-state index is 0.0176. The predicted molar refractivity (Wildman–Crippen MR) is 127 cm³/mol. The van der Waals surface area contributed by atoms with E-state index in [-0.39, 0.29) is 30.6 Å². The molecule has 0 aliphatic heterocycles. The summed E-state index contributed by atoms with van der Waals surface area (Å²) in [5.74, 6) is -4.83. The summed E-state index contributed by atoms with van der Waals surface area (Å²) in [5.41, 5.74) is 5.98. The third kappa shape index (κ3) is 11.0. The Morgan fingerprint density at radius 2 is 1.26 bits per heavy atom. The van der Waals surface area contributed by atoms with Gasteiger partial charge in [0.05, 0.1) is 6.04 Å². The van der Waals surface area contributed by atoms with Crippen molar-refractivity contribution in [1.82, 2.24) is 16.0 Å². The summed E-state index contributed by atoms with van der Waals surface area (Å²) in [6.45, 7) is 10.9. The number of amides is 3. The van der Waals surface area contributed by atoms with Crippen molar-refractivity contribution in [1.29, 1.82) is 0 Å². The average Bonchev–Trinajstić information content (AvgIpc) is 2.76. The van der Waals surface area contributed by atoms with Crippen LogP contribution >= 0.6 is 0 Å². The zero-order valence-corrected chi connectivity index (χ0v) is 21.1. The van der Waals surface area contributed by atoms with Gasteiger partial charge in [-0.05, 0) is 30.6 Å². The fourth-order valence-corrected chi connectivity index (χ4v) is 3.23. The third-order valence-corrected chi connectivity index (χ3v) is 5.96. The van der Waals surface area contributed by atoms with Crippen LogP contribution in [0.4, 0.5) is 0 Å². The summed E-state index contributed by atoms with van der Waals surface area (Å²) < 4.78 is 0. The normalized spacial score (nSPS) is 16.5. The molecule has 0 aliphatic rings. The van der Waals surface area contributed by atoms with Gasteiger partial charge in [0.15, 0.2) is 0 Å². The maximum Gasteiger partial charge on any atom is 0.326 e. The molecule has 196 valence electrons. The Morgan fingerprint density at radius 3 is 1.71 bits per heavy atom. The number of aliphatic carboxylic acids is 2. The van der Waals surface area contributed by atoms with Gasteiger partial charge < -0.3 is 31.9 Å². The molecule has 0 aliphatic carbocycles. The fourth-order valence-electron chi connectivity index (χ4n) is 3.23. The Kier molecular flexibility index (Phi) is 14.1. The Morgan fingerprint density at radius 1 is 0.765 bits per heavy atom. The lowest BCUT2D eigenvalue weighted by molar-refractivity contribution is -0.144. The molecule has 0 spiro atoms. The average molecular weight is 487 g/mol. The maximum absolute atomic E-state index is 13.0. The number of carbonyl (C=O) groups is 5. The highest BCUT2D eigenvalue weighted by Crippen LogP contribution is 2.12. The highest BCUT2D eigenvalue weighted by atomic mass is 16.4. The molecule has 0 saturated heterocycles. The first-order valence-electron chi connectivity index (χ1n) is 11.9. The molecular weight excluding hydrogens is 444 g/mol. The first-order chi connectivity index (χ1) is 15.7. The van der Waals surface area contributed by atoms with Gasteiger partial charge in [-0.15, -0.1) is 0 Å². The maximum atomic E-state index is 13.0. The van der Waals surface area contributed by atoms with Gasteiger partial charge in [0.25, 0.3) is 0 Å². The molecule has 0 heterocycles. The van der Waals surface area contributed by atoms with Gasteiger partial charge in [-0.3, -0.25) is 19.2 Å². The van der Waals surface area contributed by atoms with Crippen molar-refractivity contribution in [3.8, 4) is 0 Å². The van der Waals surface area contributed by atoms with E-state index in [1.54, 1.807) is 13.8 Å². The molecule has 0 aromatic carbocycles. The number of hydrogen-bond acceptors (Lipinski definition) is 6. The summed E-state index contributed by atoms with van der Waals surface area (Å²) in [6, 6.07) is -4.29. The van der Waals surface area contributed by atoms with Crippen molar-refractivity contribution in [3.63, 3.8) is 0 Å². The fraction of sp³-hybridized carbons (Fsp3) is 0.783. The first-order valence-corrected chi connectivity index (χ1v) is 11.9. The molecule has 0 aromatic heterocycles. The predicted octanol–water partition coefficient (Wildman–Crippen LogP) is 0.856. The topological polar surface area (TPSA) is 188 Å². The molecule has 0 aromatic rings. The van der Waals surface area contributed by atoms with Crippen molar-refractivity contribution in [3.05, 3.63) is 0 Å². The van der Waals surface area contributed by atoms with Gasteiger partial charge in [0.2, 0.25) is 17.7 Å². The molecule has 0 saturated carbocycles. The highest BCUT2D eigenvalue weighted by Gasteiger charge is 2.32. The van der Waals surface area contributed by atoms with Crippen LogP contribution in [0, 0.1) is 17.8 Å². The molecule has 0 radical (unpaired) electrons. The number of nitrogens with two attached hydrogens (primary N) is 1. The largest absolute Gasteiger partial charge is 0.481 e. The molecule has 34 heavy (non-hydrogen) atoms. The van der Waals surface area contributed by atoms with Crippen molar-refractivity contribution < 1.29 is 34.2 Å². The van der Waals surface area contributed by atoms with Gasteiger partial charge in [0, 0.05) is 6.42 Å². The van der Waals surface area contributed by atoms with Crippen LogP contribution in [-0.4, -0.2) is 64.0 Å². The van der Waals surface area contributed by atoms with Crippen LogP contribution < -0.4 is 21.7 Å². The number of carboxylic acids is 2. The van der Waals surface area contributed by atoms with Crippen molar-refractivity contribution in [2.45, 2.75) is 97.8 Å². The quantitative estimate of drug-likeness (QED) is 0.185. The Hall–Kier alpha value is -2.69. The van der Waals surface area contributed by atoms with E-state index in [4.69, 9.17) is 10.8 Å². The lowest BCUT2D eigenvalue weighted by atomic mass is 9.97. The zero-order chi connectivity index (χ0) is 26.6. The van der Waals surface area contributed by atoms with E-state index >= 15 is 0 Å². The molecule has 11 heteroatoms. The SMILES string of the molecule is CCC(C)C(N)C(=O)NC(CC(C)C)C(=O)NC(CCC(=O)O)C(=O)NC(C(=O)O)C(C)CC. The zero-order valence-electron chi connectivity index (χ0n) is 21.1. The van der Waals surface area contributed by atoms with E-state index in [1.165, 1.54) is 0 Å². The summed E-state index contributed by atoms with van der Waals surface area (Å²) in [5, 5.41) is 26.1. The lowest BCUT2D eigenvalue weighted by Gasteiger charge is -2.27. The number of rotatable bonds is 16. The Bertz CT molecular complexity index is 713. The Labute approximate surface area is 201 Å². The second kappa shape index (κ2) is 15.3. The van der Waals surface area contributed by atoms with Crippen molar-refractivity contribution in [2.24, 2.45) is 23.5 Å². The number of hydrogen-bond donors (Lipinski definition) is 6. The van der Waals surface area contributed by atoms with Crippen LogP contribution in [0.5, 0.6) is 0 Å². The molecule has 0 fully saturated rings. The number of carboxylic acid groups (broad SMARTS) is 2. The van der Waals surface area contributed by atoms with Gasteiger partial charge in [0.1, 0.15) is 18.1 Å². The van der Waals surface area contributed by atoms with Crippen LogP contribution in [0.1, 0.15) is 73.6 Å². The molecular formula is C23H42N4O7. The van der Waals surface area contributed by atoms with E-state index in [9.17, 15) is 29.1 Å². The first kappa shape index (κ1) is 31.3. The number of nitrogens with one attached hydrogen (secondary N) is 3. The van der Waals surface area contributed by atoms with Gasteiger partial charge >= 0.3 is 11.9 Å². The van der Waals surface area contributed by atoms with E-state index in [1.807, 2.05) is 27.7 Å². The van der Waals surface area contributed by atoms with E-state index < -0.39 is 60.2 Å². The molecule has 11 nitrogen and oxygen atoms in total. The highest BCUT2D eigenvalue weighted by molar-refractivity contribution is 5.94. The van der Waals surface area contributed by atoms with E-state index in [2.05, 4.69) is 16.0 Å². The van der Waals surface area contributed by atoms with Gasteiger partial charge in [-0.1, -0.05) is 54.4 Å². The molecule has 7 N–H and O–H groups in total. The lowest BCUT2D eigenvalue weighted by Crippen LogP contribution is -2.58. The monoisotopic (exact) mass is 486 g/mol. The molecule has 6 atom stereocenters. The van der Waals surface area contributed by atoms with Crippen LogP contribution in [0.2, 0.25) is 0 Å². The minimum Gasteiger partial charge on any atom is -0.481 e. The van der Waals surface area contributed by atoms with Gasteiger partial charge in [-0.25, -0.2) is 4.79 Å². The Balaban J connectivity index is 5.66. The molecule has 3 amide bonds. The summed E-state index contributed by atoms with van der Waals surface area (Å²) >= 11 is 0. The van der Waals surface area contributed by atoms with Crippen LogP contribution in [0.15, 0.2) is 0 Å². The summed E-state index contributed by atoms with van der Waals surface area (Å²) in [7, 11) is 0. The minimum atomic E-state index is -1.29. The standard InChI is InChI=1S/C23H42N4O7/c1-7-13(5)18(24)22(32)26-16(11-12(3)4)21(31)25-15(9-10-17(28)29)20(30)27-19(23(33)34)14(6)8-2/h12-16,18-19H,7-11,24H2,1-6H3,(H,25,31)(H,26,32)(H,27,30)(H,28,29)(H,33,34). The van der Waals surface area contributed by atoms with Crippen LogP contribution in [-0.2, 0) is 24.0 Å². The van der Waals surface area contributed by atoms with Gasteiger partial charge in [-0.2, -0.15) is 0 Å². The second-order valence-corrected chi connectivity index (χ2v) is 9.31. The summed E-state index contributed by atoms with van der Waals surface area (Å²) in [4.78, 5) is 61.1. The third-order valence-electron chi connectivity index (χ3n) is 5.96. The smallest absolute Gasteiger partial charge is 0.326 e. The van der Waals surface area contributed by atoms with Crippen LogP contribution in [0.25, 0.3) is 0 Å². The van der Waals surface area contributed by atoms with E-state index in [0.717, 1.165) is 0 Å². The summed E-state index contributed by atoms with van der Waals surface area (Å²) in [6.07, 6.45) is 0.771. The second-order valence-electron chi connectivity index (χ2n) is 9.31. The molecule has 6 unspecified atom stereocenters. The molecule has 0 rings (SSSR count). The van der Waals surface area contributed by atoms with Crippen molar-refractivity contribution >= 4 is 29.7 Å². The number of carbonyl (C=O) groups excluding carboxylic acids is 3. The van der Waals surface area contributed by atoms with E-state index in [0.29, 0.717) is 12.8 Å². The van der Waals surface area contributed by atoms with Crippen molar-refractivity contribution in [2.75, 3.05) is 0 Å².